The van der Waals surface area contributed by atoms with Crippen LogP contribution in [0.4, 0.5) is 20.3 Å². The van der Waals surface area contributed by atoms with E-state index in [1.807, 2.05) is 6.07 Å². The van der Waals surface area contributed by atoms with Gasteiger partial charge in [0, 0.05) is 61.2 Å². The summed E-state index contributed by atoms with van der Waals surface area (Å²) in [4.78, 5) is 17.0. The van der Waals surface area contributed by atoms with Crippen LogP contribution in [0.1, 0.15) is 62.6 Å². The number of nitrogens with zero attached hydrogens (tertiary/aromatic N) is 5. The summed E-state index contributed by atoms with van der Waals surface area (Å²) in [5, 5.41) is 15.4. The molecule has 9 rings (SSSR count). The first-order valence-corrected chi connectivity index (χ1v) is 16.5. The molecule has 2 N–H and O–H groups in total. The summed E-state index contributed by atoms with van der Waals surface area (Å²) < 4.78 is 37.7. The molecule has 6 aliphatic rings. The van der Waals surface area contributed by atoms with Crippen molar-refractivity contribution in [2.45, 2.75) is 93.7 Å². The fraction of sp³-hybridized carbons (Fsp3) is 0.588. The van der Waals surface area contributed by atoms with Crippen molar-refractivity contribution in [3.63, 3.8) is 0 Å². The number of hydrogen-bond acceptors (Lipinski definition) is 8. The lowest BCUT2D eigenvalue weighted by atomic mass is 9.88. The lowest BCUT2D eigenvalue weighted by Crippen LogP contribution is -2.52. The molecule has 232 valence electrons. The van der Waals surface area contributed by atoms with Crippen LogP contribution in [0.25, 0.3) is 10.8 Å². The van der Waals surface area contributed by atoms with Crippen molar-refractivity contribution in [2.24, 2.45) is 0 Å². The first-order chi connectivity index (χ1) is 21.4. The molecule has 0 spiro atoms. The maximum atomic E-state index is 16.0. The summed E-state index contributed by atoms with van der Waals surface area (Å²) in [6.07, 6.45) is 8.15. The van der Waals surface area contributed by atoms with Gasteiger partial charge < -0.3 is 25.0 Å². The Morgan fingerprint density at radius 2 is 1.89 bits per heavy atom. The van der Waals surface area contributed by atoms with Gasteiger partial charge in [-0.25, -0.2) is 8.78 Å². The maximum Gasteiger partial charge on any atom is 0.318 e. The molecule has 8 nitrogen and oxygen atoms in total. The van der Waals surface area contributed by atoms with Gasteiger partial charge in [-0.05, 0) is 75.4 Å². The lowest BCUT2D eigenvalue weighted by Gasteiger charge is -2.38. The molecule has 10 heteroatoms. The minimum atomic E-state index is -1.11. The molecule has 2 unspecified atom stereocenters. The van der Waals surface area contributed by atoms with Crippen LogP contribution in [0, 0.1) is 5.82 Å². The number of alkyl halides is 1. The Bertz CT molecular complexity index is 1630. The van der Waals surface area contributed by atoms with E-state index in [2.05, 4.69) is 20.0 Å². The zero-order valence-electron chi connectivity index (χ0n) is 25.1. The fourth-order valence-electron chi connectivity index (χ4n) is 9.73. The third-order valence-electron chi connectivity index (χ3n) is 11.6. The summed E-state index contributed by atoms with van der Waals surface area (Å²) in [6, 6.07) is 9.50. The zero-order chi connectivity index (χ0) is 29.6. The second kappa shape index (κ2) is 9.88. The Balaban J connectivity index is 1.07. The standard InChI is InChI=1S/C34H40F2N6O2/c35-26-5-1-4-21-14-24(43)15-28(30(21)26)40-13-9-25-27(18-40)38-32(39-31(25)41-16-22-7-8-23(17-41)37-22)44-20-33-10-3-12-42(33)29-6-2-11-34(29,36)19-33/h1,4-5,14-15,22-23,29,37,43H,2-3,6-13,16-20H2/t22?,23?,29-,33-,34+/m1/s1. The molecule has 4 saturated heterocycles. The van der Waals surface area contributed by atoms with Crippen LogP contribution in [0.3, 0.4) is 0 Å². The average Bonchev–Trinajstić information content (AvgIpc) is 3.73. The van der Waals surface area contributed by atoms with Gasteiger partial charge in [-0.1, -0.05) is 12.1 Å². The SMILES string of the molecule is Oc1cc(N2CCc3c(nc(OC[C@]45CCCN4[C@@H]4CCC[C@]4(F)C5)nc3N3CC4CCC(C3)N4)C2)c2c(F)cccc2c1. The smallest absolute Gasteiger partial charge is 0.318 e. The van der Waals surface area contributed by atoms with E-state index in [-0.39, 0.29) is 23.1 Å². The number of aromatic nitrogens is 2. The molecule has 1 aliphatic carbocycles. The Hall–Kier alpha value is -3.24. The van der Waals surface area contributed by atoms with Crippen molar-refractivity contribution < 1.29 is 18.6 Å². The second-order valence-electron chi connectivity index (χ2n) is 14.2. The topological polar surface area (TPSA) is 77.0 Å². The number of halogens is 2. The minimum Gasteiger partial charge on any atom is -0.508 e. The number of benzene rings is 2. The first-order valence-electron chi connectivity index (χ1n) is 16.5. The van der Waals surface area contributed by atoms with E-state index in [1.54, 1.807) is 18.2 Å². The maximum absolute atomic E-state index is 16.0. The van der Waals surface area contributed by atoms with Gasteiger partial charge in [-0.3, -0.25) is 4.90 Å². The van der Waals surface area contributed by atoms with E-state index in [4.69, 9.17) is 14.7 Å². The van der Waals surface area contributed by atoms with Crippen molar-refractivity contribution in [2.75, 3.05) is 42.6 Å². The van der Waals surface area contributed by atoms with Gasteiger partial charge in [-0.15, -0.1) is 0 Å². The predicted octanol–water partition coefficient (Wildman–Crippen LogP) is 4.86. The van der Waals surface area contributed by atoms with Crippen molar-refractivity contribution in [3.05, 3.63) is 47.4 Å². The van der Waals surface area contributed by atoms with Gasteiger partial charge in [0.2, 0.25) is 0 Å². The Morgan fingerprint density at radius 3 is 2.75 bits per heavy atom. The van der Waals surface area contributed by atoms with Crippen LogP contribution in [0.5, 0.6) is 11.8 Å². The molecule has 0 radical (unpaired) electrons. The van der Waals surface area contributed by atoms with Crippen molar-refractivity contribution >= 4 is 22.3 Å². The Morgan fingerprint density at radius 1 is 1.02 bits per heavy atom. The summed E-state index contributed by atoms with van der Waals surface area (Å²) in [5.74, 6) is 0.750. The number of aromatic hydroxyl groups is 1. The summed E-state index contributed by atoms with van der Waals surface area (Å²) in [5.41, 5.74) is 1.26. The molecule has 5 aliphatic heterocycles. The number of anilines is 2. The van der Waals surface area contributed by atoms with Gasteiger partial charge >= 0.3 is 6.01 Å². The highest BCUT2D eigenvalue weighted by atomic mass is 19.1. The van der Waals surface area contributed by atoms with Gasteiger partial charge in [0.1, 0.15) is 29.7 Å². The number of nitrogens with one attached hydrogen (secondary N) is 1. The predicted molar refractivity (Wildman–Crippen MR) is 165 cm³/mol. The zero-order valence-corrected chi connectivity index (χ0v) is 25.1. The van der Waals surface area contributed by atoms with E-state index in [0.717, 1.165) is 62.4 Å². The highest BCUT2D eigenvalue weighted by molar-refractivity contribution is 5.96. The van der Waals surface area contributed by atoms with Crippen molar-refractivity contribution in [1.82, 2.24) is 20.2 Å². The van der Waals surface area contributed by atoms with E-state index in [1.165, 1.54) is 18.9 Å². The van der Waals surface area contributed by atoms with Gasteiger partial charge in [0.05, 0.1) is 23.5 Å². The monoisotopic (exact) mass is 602 g/mol. The van der Waals surface area contributed by atoms with E-state index in [9.17, 15) is 5.11 Å². The molecule has 2 bridgehead atoms. The van der Waals surface area contributed by atoms with Crippen LogP contribution in [0.2, 0.25) is 0 Å². The van der Waals surface area contributed by atoms with Crippen LogP contribution in [-0.2, 0) is 13.0 Å². The van der Waals surface area contributed by atoms with Crippen molar-refractivity contribution in [1.29, 1.82) is 0 Å². The fourth-order valence-corrected chi connectivity index (χ4v) is 9.73. The van der Waals surface area contributed by atoms with E-state index >= 15 is 8.78 Å². The molecule has 1 aromatic heterocycles. The minimum absolute atomic E-state index is 0.0102. The van der Waals surface area contributed by atoms with Crippen LogP contribution in [0.15, 0.2) is 30.3 Å². The highest BCUT2D eigenvalue weighted by Crippen LogP contribution is 2.55. The molecule has 5 fully saturated rings. The Kier molecular flexibility index (Phi) is 6.08. The molecule has 5 atom stereocenters. The van der Waals surface area contributed by atoms with Crippen LogP contribution < -0.4 is 19.9 Å². The number of rotatable bonds is 5. The van der Waals surface area contributed by atoms with Crippen molar-refractivity contribution in [3.8, 4) is 11.8 Å². The first kappa shape index (κ1) is 27.1. The lowest BCUT2D eigenvalue weighted by molar-refractivity contribution is 0.0808. The number of hydrogen-bond donors (Lipinski definition) is 2. The van der Waals surface area contributed by atoms with Crippen LogP contribution in [-0.4, -0.2) is 82.1 Å². The largest absolute Gasteiger partial charge is 0.508 e. The van der Waals surface area contributed by atoms with Gasteiger partial charge in [0.25, 0.3) is 0 Å². The highest BCUT2D eigenvalue weighted by Gasteiger charge is 2.63. The van der Waals surface area contributed by atoms with E-state index in [0.29, 0.717) is 73.5 Å². The van der Waals surface area contributed by atoms with Gasteiger partial charge in [-0.2, -0.15) is 9.97 Å². The summed E-state index contributed by atoms with van der Waals surface area (Å²) in [6.45, 7) is 4.24. The summed E-state index contributed by atoms with van der Waals surface area (Å²) in [7, 11) is 0. The summed E-state index contributed by atoms with van der Waals surface area (Å²) >= 11 is 0. The molecular formula is C34H40F2N6O2. The number of fused-ring (bicyclic) bond motifs is 7. The molecule has 0 amide bonds. The van der Waals surface area contributed by atoms with Crippen LogP contribution >= 0.6 is 0 Å². The number of piperazine rings is 1. The number of ether oxygens (including phenoxy) is 1. The quantitative estimate of drug-likeness (QED) is 0.429. The third-order valence-corrected chi connectivity index (χ3v) is 11.6. The second-order valence-corrected chi connectivity index (χ2v) is 14.2. The molecular weight excluding hydrogens is 562 g/mol. The van der Waals surface area contributed by atoms with E-state index < -0.39 is 5.67 Å². The van der Waals surface area contributed by atoms with Gasteiger partial charge in [0.15, 0.2) is 0 Å². The molecule has 44 heavy (non-hydrogen) atoms. The normalized spacial score (nSPS) is 32.7. The molecule has 3 aromatic rings. The molecule has 2 aromatic carbocycles. The number of phenols is 1. The molecule has 6 heterocycles. The average molecular weight is 603 g/mol. The number of phenolic OH excluding ortho intramolecular Hbond substituents is 1. The third kappa shape index (κ3) is 4.20. The Labute approximate surface area is 256 Å². The molecule has 1 saturated carbocycles.